The number of aromatic nitrogens is 2. The maximum absolute atomic E-state index is 14.0. The van der Waals surface area contributed by atoms with E-state index in [1.807, 2.05) is 37.3 Å². The molecule has 4 aromatic rings. The normalized spacial score (nSPS) is 15.7. The van der Waals surface area contributed by atoms with Gasteiger partial charge in [-0.3, -0.25) is 4.90 Å². The van der Waals surface area contributed by atoms with Crippen LogP contribution >= 0.6 is 0 Å². The molecule has 0 unspecified atom stereocenters. The molecule has 1 aromatic heterocycles. The van der Waals surface area contributed by atoms with Crippen LogP contribution in [0.15, 0.2) is 54.9 Å². The van der Waals surface area contributed by atoms with Crippen LogP contribution < -0.4 is 24.8 Å². The number of methoxy groups -OCH3 is 1. The summed E-state index contributed by atoms with van der Waals surface area (Å²) in [7, 11) is 1.62. The second kappa shape index (κ2) is 15.4. The number of carbonyl (C=O) groups is 1. The van der Waals surface area contributed by atoms with Crippen molar-refractivity contribution < 1.29 is 32.5 Å². The number of urea groups is 1. The molecule has 254 valence electrons. The summed E-state index contributed by atoms with van der Waals surface area (Å²) in [5.41, 5.74) is 2.04. The highest BCUT2D eigenvalue weighted by molar-refractivity contribution is 5.93. The van der Waals surface area contributed by atoms with Gasteiger partial charge in [0.05, 0.1) is 32.4 Å². The van der Waals surface area contributed by atoms with Crippen LogP contribution in [0.3, 0.4) is 0 Å². The predicted molar refractivity (Wildman–Crippen MR) is 179 cm³/mol. The molecule has 2 aliphatic rings. The monoisotopic (exact) mass is 662 g/mol. The van der Waals surface area contributed by atoms with Gasteiger partial charge in [-0.1, -0.05) is 6.07 Å². The van der Waals surface area contributed by atoms with Crippen LogP contribution in [0.4, 0.5) is 30.8 Å². The van der Waals surface area contributed by atoms with E-state index in [-0.39, 0.29) is 6.10 Å². The minimum Gasteiger partial charge on any atom is -0.493 e. The number of benzene rings is 3. The molecule has 2 fully saturated rings. The number of anilines is 3. The lowest BCUT2D eigenvalue weighted by Crippen LogP contribution is -2.44. The number of nitrogens with zero attached hydrogens (tertiary/aromatic N) is 4. The Morgan fingerprint density at radius 2 is 1.75 bits per heavy atom. The zero-order chi connectivity index (χ0) is 33.5. The third-order valence-corrected chi connectivity index (χ3v) is 8.56. The Balaban J connectivity index is 1.05. The summed E-state index contributed by atoms with van der Waals surface area (Å²) in [6.45, 7) is 7.71. The first-order valence-electron chi connectivity index (χ1n) is 16.2. The average Bonchev–Trinajstić information content (AvgIpc) is 3.10. The molecule has 0 spiro atoms. The number of para-hydroxylation sites is 1. The lowest BCUT2D eigenvalue weighted by Gasteiger charge is -2.32. The van der Waals surface area contributed by atoms with Crippen molar-refractivity contribution in [3.8, 4) is 17.2 Å². The number of ether oxygens (including phenoxy) is 4. The number of amides is 2. The van der Waals surface area contributed by atoms with Gasteiger partial charge in [0.2, 0.25) is 0 Å². The molecule has 2 amide bonds. The molecule has 2 saturated heterocycles. The third kappa shape index (κ3) is 8.03. The molecule has 0 atom stereocenters. The van der Waals surface area contributed by atoms with E-state index >= 15 is 0 Å². The Bertz CT molecular complexity index is 1710. The van der Waals surface area contributed by atoms with Crippen LogP contribution in [0.2, 0.25) is 0 Å². The van der Waals surface area contributed by atoms with Gasteiger partial charge in [-0.25, -0.2) is 23.5 Å². The lowest BCUT2D eigenvalue weighted by molar-refractivity contribution is 0.0357. The van der Waals surface area contributed by atoms with Gasteiger partial charge in [-0.05, 0) is 55.3 Å². The minimum absolute atomic E-state index is 0.107. The van der Waals surface area contributed by atoms with Crippen molar-refractivity contribution in [2.45, 2.75) is 32.3 Å². The molecule has 0 aliphatic carbocycles. The van der Waals surface area contributed by atoms with Crippen LogP contribution in [0.1, 0.15) is 24.8 Å². The number of carbonyl (C=O) groups excluding carboxylic acids is 1. The number of hydrogen-bond donors (Lipinski definition) is 2. The summed E-state index contributed by atoms with van der Waals surface area (Å²) in [5, 5.41) is 6.56. The lowest BCUT2D eigenvalue weighted by atomic mass is 10.1. The minimum atomic E-state index is -0.812. The van der Waals surface area contributed by atoms with E-state index in [2.05, 4.69) is 25.5 Å². The SMILES string of the molecule is COc1cc2ncnc(Nc3ccc(OC4CCN(C(=O)Nc5c(F)cccc5F)CC4)c(C)c3)c2cc1OCCCN1CCOCC1. The molecule has 48 heavy (non-hydrogen) atoms. The topological polar surface area (TPSA) is 110 Å². The fraction of sp³-hybridized carbons (Fsp3) is 0.400. The summed E-state index contributed by atoms with van der Waals surface area (Å²) in [4.78, 5) is 25.5. The second-order valence-corrected chi connectivity index (χ2v) is 11.8. The fourth-order valence-electron chi connectivity index (χ4n) is 5.89. The number of aryl methyl sites for hydroxylation is 1. The molecular weight excluding hydrogens is 622 g/mol. The van der Waals surface area contributed by atoms with E-state index in [4.69, 9.17) is 18.9 Å². The van der Waals surface area contributed by atoms with Gasteiger partial charge in [-0.15, -0.1) is 0 Å². The zero-order valence-corrected chi connectivity index (χ0v) is 27.1. The predicted octanol–water partition coefficient (Wildman–Crippen LogP) is 6.15. The van der Waals surface area contributed by atoms with Crippen LogP contribution in [-0.4, -0.2) is 91.6 Å². The van der Waals surface area contributed by atoms with Crippen molar-refractivity contribution in [3.63, 3.8) is 0 Å². The fourth-order valence-corrected chi connectivity index (χ4v) is 5.89. The van der Waals surface area contributed by atoms with Crippen molar-refractivity contribution in [2.75, 3.05) is 70.3 Å². The number of piperidine rings is 1. The van der Waals surface area contributed by atoms with E-state index in [0.717, 1.165) is 79.3 Å². The van der Waals surface area contributed by atoms with Gasteiger partial charge in [0.15, 0.2) is 11.5 Å². The van der Waals surface area contributed by atoms with Crippen molar-refractivity contribution in [1.82, 2.24) is 19.8 Å². The van der Waals surface area contributed by atoms with Crippen LogP contribution in [0, 0.1) is 18.6 Å². The van der Waals surface area contributed by atoms with E-state index in [9.17, 15) is 13.6 Å². The van der Waals surface area contributed by atoms with E-state index in [1.165, 1.54) is 17.3 Å². The number of halogens is 2. The highest BCUT2D eigenvalue weighted by atomic mass is 19.1. The smallest absolute Gasteiger partial charge is 0.322 e. The molecule has 11 nitrogen and oxygen atoms in total. The number of fused-ring (bicyclic) bond motifs is 1. The summed E-state index contributed by atoms with van der Waals surface area (Å²) < 4.78 is 51.4. The molecular formula is C35H40F2N6O5. The Labute approximate surface area is 278 Å². The van der Waals surface area contributed by atoms with Gasteiger partial charge in [0, 0.05) is 62.7 Å². The Hall–Kier alpha value is -4.75. The van der Waals surface area contributed by atoms with Crippen LogP contribution in [-0.2, 0) is 4.74 Å². The maximum atomic E-state index is 14.0. The van der Waals surface area contributed by atoms with Crippen LogP contribution in [0.25, 0.3) is 10.9 Å². The maximum Gasteiger partial charge on any atom is 0.322 e. The van der Waals surface area contributed by atoms with Gasteiger partial charge in [0.1, 0.15) is 41.3 Å². The van der Waals surface area contributed by atoms with Crippen molar-refractivity contribution in [3.05, 3.63) is 72.1 Å². The van der Waals surface area contributed by atoms with E-state index in [0.29, 0.717) is 49.9 Å². The third-order valence-electron chi connectivity index (χ3n) is 8.56. The molecule has 0 saturated carbocycles. The standard InChI is InChI=1S/C35H40F2N6O5/c1-23-19-24(7-8-30(23)48-25-9-12-43(13-10-25)35(44)41-33-27(36)5-3-6-28(33)37)40-34-26-20-32(31(45-2)21-29(26)38-22-39-34)47-16-4-11-42-14-17-46-18-15-42/h3,5-8,19-22,25H,4,9-18H2,1-2H3,(H,41,44)(H,38,39,40). The summed E-state index contributed by atoms with van der Waals surface area (Å²) >= 11 is 0. The molecule has 0 bridgehead atoms. The number of rotatable bonds is 11. The van der Waals surface area contributed by atoms with Gasteiger partial charge in [-0.2, -0.15) is 0 Å². The summed E-state index contributed by atoms with van der Waals surface area (Å²) in [6, 6.07) is 12.5. The van der Waals surface area contributed by atoms with E-state index < -0.39 is 23.4 Å². The first-order valence-corrected chi connectivity index (χ1v) is 16.2. The first kappa shape index (κ1) is 33.2. The molecule has 3 heterocycles. The number of morpholine rings is 1. The number of hydrogen-bond acceptors (Lipinski definition) is 9. The molecule has 6 rings (SSSR count). The molecule has 2 aliphatic heterocycles. The highest BCUT2D eigenvalue weighted by Gasteiger charge is 2.26. The summed E-state index contributed by atoms with van der Waals surface area (Å²) in [5.74, 6) is 0.992. The van der Waals surface area contributed by atoms with Crippen molar-refractivity contribution >= 4 is 34.1 Å². The van der Waals surface area contributed by atoms with Gasteiger partial charge >= 0.3 is 6.03 Å². The quantitative estimate of drug-likeness (QED) is 0.183. The number of nitrogens with one attached hydrogen (secondary N) is 2. The highest BCUT2D eigenvalue weighted by Crippen LogP contribution is 2.35. The zero-order valence-electron chi connectivity index (χ0n) is 27.1. The Morgan fingerprint density at radius 1 is 0.979 bits per heavy atom. The first-order chi connectivity index (χ1) is 23.4. The van der Waals surface area contributed by atoms with Crippen LogP contribution in [0.5, 0.6) is 17.2 Å². The summed E-state index contributed by atoms with van der Waals surface area (Å²) in [6.07, 6.45) is 3.46. The van der Waals surface area contributed by atoms with Crippen molar-refractivity contribution in [1.29, 1.82) is 0 Å². The van der Waals surface area contributed by atoms with Gasteiger partial charge in [0.25, 0.3) is 0 Å². The molecule has 0 radical (unpaired) electrons. The molecule has 13 heteroatoms. The Morgan fingerprint density at radius 3 is 2.48 bits per heavy atom. The molecule has 2 N–H and O–H groups in total. The average molecular weight is 663 g/mol. The number of likely N-dealkylation sites (tertiary alicyclic amines) is 1. The van der Waals surface area contributed by atoms with Crippen molar-refractivity contribution in [2.24, 2.45) is 0 Å². The molecule has 3 aromatic carbocycles. The second-order valence-electron chi connectivity index (χ2n) is 11.8. The largest absolute Gasteiger partial charge is 0.493 e. The Kier molecular flexibility index (Phi) is 10.7. The van der Waals surface area contributed by atoms with E-state index in [1.54, 1.807) is 7.11 Å². The van der Waals surface area contributed by atoms with Gasteiger partial charge < -0.3 is 34.5 Å².